The van der Waals surface area contributed by atoms with E-state index in [-0.39, 0.29) is 5.41 Å². The third-order valence-electron chi connectivity index (χ3n) is 3.79. The Kier molecular flexibility index (Phi) is 3.13. The van der Waals surface area contributed by atoms with E-state index in [1.54, 1.807) is 0 Å². The van der Waals surface area contributed by atoms with Gasteiger partial charge in [-0.3, -0.25) is 0 Å². The molecule has 2 fully saturated rings. The zero-order valence-electron chi connectivity index (χ0n) is 10.2. The predicted octanol–water partition coefficient (Wildman–Crippen LogP) is 2.28. The molecule has 5 heteroatoms. The Morgan fingerprint density at radius 2 is 2.41 bits per heavy atom. The van der Waals surface area contributed by atoms with Gasteiger partial charge in [-0.1, -0.05) is 11.6 Å². The van der Waals surface area contributed by atoms with Crippen molar-refractivity contribution in [1.29, 1.82) is 0 Å². The van der Waals surface area contributed by atoms with Crippen LogP contribution in [0, 0.1) is 0 Å². The molecule has 1 N–H and O–H groups in total. The largest absolute Gasteiger partial charge is 0.339 e. The molecule has 2 aliphatic rings. The first-order valence-electron chi connectivity index (χ1n) is 6.44. The Bertz CT molecular complexity index is 381. The van der Waals surface area contributed by atoms with Gasteiger partial charge in [0, 0.05) is 6.54 Å². The highest BCUT2D eigenvalue weighted by atomic mass is 32.2. The third-order valence-corrected chi connectivity index (χ3v) is 5.17. The van der Waals surface area contributed by atoms with Crippen molar-refractivity contribution in [3.63, 3.8) is 0 Å². The highest BCUT2D eigenvalue weighted by Gasteiger charge is 2.36. The molecule has 0 aromatic carbocycles. The number of thioether (sulfide) groups is 1. The average Bonchev–Trinajstić information content (AvgIpc) is 2.99. The van der Waals surface area contributed by atoms with Crippen LogP contribution in [0.1, 0.15) is 49.6 Å². The average molecular weight is 253 g/mol. The molecule has 0 bridgehead atoms. The molecule has 94 valence electrons. The van der Waals surface area contributed by atoms with Crippen molar-refractivity contribution in [3.05, 3.63) is 11.7 Å². The van der Waals surface area contributed by atoms with Crippen molar-refractivity contribution in [2.75, 3.05) is 18.8 Å². The number of nitrogens with zero attached hydrogens (tertiary/aromatic N) is 2. The van der Waals surface area contributed by atoms with Crippen LogP contribution < -0.4 is 5.32 Å². The van der Waals surface area contributed by atoms with Crippen molar-refractivity contribution in [1.82, 2.24) is 15.5 Å². The quantitative estimate of drug-likeness (QED) is 0.876. The number of aromatic nitrogens is 2. The minimum atomic E-state index is 0.0462. The van der Waals surface area contributed by atoms with Gasteiger partial charge >= 0.3 is 0 Å². The second-order valence-corrected chi connectivity index (χ2v) is 6.61. The molecule has 0 amide bonds. The minimum absolute atomic E-state index is 0.0462. The number of nitrogens with one attached hydrogen (secondary N) is 1. The first-order valence-corrected chi connectivity index (χ1v) is 7.49. The van der Waals surface area contributed by atoms with Crippen LogP contribution in [0.4, 0.5) is 0 Å². The molecule has 3 rings (SSSR count). The predicted molar refractivity (Wildman–Crippen MR) is 68.2 cm³/mol. The fourth-order valence-corrected chi connectivity index (χ4v) is 3.79. The summed E-state index contributed by atoms with van der Waals surface area (Å²) >= 11 is 1.97. The SMILES string of the molecule is CC1(c2nc(C3CCCCS3)no2)CCNC1. The summed E-state index contributed by atoms with van der Waals surface area (Å²) in [6, 6.07) is 0. The maximum absolute atomic E-state index is 5.49. The van der Waals surface area contributed by atoms with Crippen molar-refractivity contribution < 1.29 is 4.52 Å². The summed E-state index contributed by atoms with van der Waals surface area (Å²) in [6.45, 7) is 4.21. The second-order valence-electron chi connectivity index (χ2n) is 5.30. The number of hydrogen-bond donors (Lipinski definition) is 1. The van der Waals surface area contributed by atoms with Crippen LogP contribution in [0.3, 0.4) is 0 Å². The molecule has 2 unspecified atom stereocenters. The van der Waals surface area contributed by atoms with Crippen LogP contribution in [0.25, 0.3) is 0 Å². The summed E-state index contributed by atoms with van der Waals surface area (Å²) in [5.41, 5.74) is 0.0462. The van der Waals surface area contributed by atoms with Gasteiger partial charge in [-0.2, -0.15) is 16.7 Å². The van der Waals surface area contributed by atoms with Crippen molar-refractivity contribution in [2.45, 2.75) is 43.3 Å². The van der Waals surface area contributed by atoms with Crippen LogP contribution in [-0.2, 0) is 5.41 Å². The lowest BCUT2D eigenvalue weighted by atomic mass is 9.90. The molecule has 17 heavy (non-hydrogen) atoms. The van der Waals surface area contributed by atoms with Crippen molar-refractivity contribution in [2.24, 2.45) is 0 Å². The fraction of sp³-hybridized carbons (Fsp3) is 0.833. The summed E-state index contributed by atoms with van der Waals surface area (Å²) in [5, 5.41) is 8.02. The zero-order chi connectivity index (χ0) is 11.7. The first kappa shape index (κ1) is 11.5. The van der Waals surface area contributed by atoms with Gasteiger partial charge in [0.25, 0.3) is 0 Å². The minimum Gasteiger partial charge on any atom is -0.339 e. The van der Waals surface area contributed by atoms with Gasteiger partial charge in [0.1, 0.15) is 0 Å². The van der Waals surface area contributed by atoms with Crippen molar-refractivity contribution in [3.8, 4) is 0 Å². The monoisotopic (exact) mass is 253 g/mol. The molecule has 4 nitrogen and oxygen atoms in total. The van der Waals surface area contributed by atoms with Crippen LogP contribution in [-0.4, -0.2) is 29.0 Å². The Morgan fingerprint density at radius 1 is 1.47 bits per heavy atom. The summed E-state index contributed by atoms with van der Waals surface area (Å²) < 4.78 is 5.49. The van der Waals surface area contributed by atoms with Gasteiger partial charge in [0.2, 0.25) is 5.89 Å². The van der Waals surface area contributed by atoms with Gasteiger partial charge in [-0.05, 0) is 38.5 Å². The fourth-order valence-electron chi connectivity index (χ4n) is 2.55. The van der Waals surface area contributed by atoms with Crippen LogP contribution in [0.5, 0.6) is 0 Å². The Balaban J connectivity index is 1.77. The van der Waals surface area contributed by atoms with Gasteiger partial charge in [0.15, 0.2) is 5.82 Å². The standard InChI is InChI=1S/C12H19N3OS/c1-12(5-6-13-8-12)11-14-10(15-16-11)9-4-2-3-7-17-9/h9,13H,2-8H2,1H3. The normalized spacial score (nSPS) is 34.1. The smallest absolute Gasteiger partial charge is 0.233 e. The van der Waals surface area contributed by atoms with E-state index < -0.39 is 0 Å². The first-order chi connectivity index (χ1) is 8.28. The molecule has 1 aromatic heterocycles. The Morgan fingerprint density at radius 3 is 3.12 bits per heavy atom. The zero-order valence-corrected chi connectivity index (χ0v) is 11.1. The maximum Gasteiger partial charge on any atom is 0.233 e. The van der Waals surface area contributed by atoms with E-state index in [1.807, 2.05) is 11.8 Å². The van der Waals surface area contributed by atoms with Gasteiger partial charge in [0.05, 0.1) is 10.7 Å². The summed E-state index contributed by atoms with van der Waals surface area (Å²) in [6.07, 6.45) is 4.90. The molecule has 0 radical (unpaired) electrons. The van der Waals surface area contributed by atoms with E-state index in [0.29, 0.717) is 5.25 Å². The molecule has 0 spiro atoms. The molecule has 0 saturated carbocycles. The summed E-state index contributed by atoms with van der Waals surface area (Å²) in [5.74, 6) is 2.97. The molecule has 1 aromatic rings. The van der Waals surface area contributed by atoms with E-state index >= 15 is 0 Å². The lowest BCUT2D eigenvalue weighted by Crippen LogP contribution is -2.25. The van der Waals surface area contributed by atoms with E-state index in [4.69, 9.17) is 4.52 Å². The molecule has 2 aliphatic heterocycles. The third kappa shape index (κ3) is 2.22. The molecular formula is C12H19N3OS. The number of rotatable bonds is 2. The Hall–Kier alpha value is -0.550. The van der Waals surface area contributed by atoms with Crippen molar-refractivity contribution >= 4 is 11.8 Å². The lowest BCUT2D eigenvalue weighted by molar-refractivity contribution is 0.304. The second kappa shape index (κ2) is 4.61. The molecule has 0 aliphatic carbocycles. The Labute approximate surface area is 106 Å². The maximum atomic E-state index is 5.49. The number of hydrogen-bond acceptors (Lipinski definition) is 5. The highest BCUT2D eigenvalue weighted by Crippen LogP contribution is 2.38. The van der Waals surface area contributed by atoms with Gasteiger partial charge in [-0.25, -0.2) is 0 Å². The van der Waals surface area contributed by atoms with E-state index in [9.17, 15) is 0 Å². The topological polar surface area (TPSA) is 51.0 Å². The van der Waals surface area contributed by atoms with Crippen LogP contribution >= 0.6 is 11.8 Å². The highest BCUT2D eigenvalue weighted by molar-refractivity contribution is 7.99. The van der Waals surface area contributed by atoms with Gasteiger partial charge < -0.3 is 9.84 Å². The molecule has 2 saturated heterocycles. The van der Waals surface area contributed by atoms with Crippen LogP contribution in [0.15, 0.2) is 4.52 Å². The summed E-state index contributed by atoms with van der Waals surface area (Å²) in [4.78, 5) is 4.65. The van der Waals surface area contributed by atoms with Gasteiger partial charge in [-0.15, -0.1) is 0 Å². The summed E-state index contributed by atoms with van der Waals surface area (Å²) in [7, 11) is 0. The molecule has 2 atom stereocenters. The lowest BCUT2D eigenvalue weighted by Gasteiger charge is -2.18. The van der Waals surface area contributed by atoms with E-state index in [1.165, 1.54) is 25.0 Å². The molecule has 3 heterocycles. The van der Waals surface area contributed by atoms with Crippen LogP contribution in [0.2, 0.25) is 0 Å². The van der Waals surface area contributed by atoms with E-state index in [2.05, 4.69) is 22.4 Å². The van der Waals surface area contributed by atoms with E-state index in [0.717, 1.165) is 31.2 Å². The molecular weight excluding hydrogens is 234 g/mol.